The molecule has 1 heterocycles. The third kappa shape index (κ3) is 6.26. The third-order valence-corrected chi connectivity index (χ3v) is 7.86. The zero-order chi connectivity index (χ0) is 28.0. The standard InChI is InChI=1S/C33H38F3NO2/c1-5-19-32(7-3,8-4)31-28(6-2)29-18-17-27(22-30(29)37-31)39-21-20-38-26-15-11-24(12-16-26)23-9-13-25(14-10-23)33(34,35)36/h9-18,22,37H,5-8,19-21H2,1-4H3. The Balaban J connectivity index is 1.37. The van der Waals surface area contributed by atoms with Crippen LogP contribution in [0.2, 0.25) is 0 Å². The number of rotatable bonds is 12. The van der Waals surface area contributed by atoms with E-state index >= 15 is 0 Å². The van der Waals surface area contributed by atoms with E-state index in [1.807, 2.05) is 30.3 Å². The first-order valence-corrected chi connectivity index (χ1v) is 13.9. The molecule has 0 aliphatic heterocycles. The number of ether oxygens (including phenoxy) is 2. The minimum Gasteiger partial charge on any atom is -0.490 e. The van der Waals surface area contributed by atoms with Crippen LogP contribution in [0.25, 0.3) is 22.0 Å². The monoisotopic (exact) mass is 537 g/mol. The third-order valence-electron chi connectivity index (χ3n) is 7.86. The normalized spacial score (nSPS) is 12.2. The van der Waals surface area contributed by atoms with Crippen LogP contribution in [-0.2, 0) is 18.0 Å². The molecule has 0 saturated carbocycles. The van der Waals surface area contributed by atoms with Gasteiger partial charge < -0.3 is 14.5 Å². The molecule has 0 saturated heterocycles. The van der Waals surface area contributed by atoms with E-state index < -0.39 is 11.7 Å². The smallest absolute Gasteiger partial charge is 0.416 e. The van der Waals surface area contributed by atoms with Crippen LogP contribution in [0.5, 0.6) is 11.5 Å². The van der Waals surface area contributed by atoms with Crippen LogP contribution in [0, 0.1) is 0 Å². The SMILES string of the molecule is CCCC(CC)(CC)c1[nH]c2cc(OCCOc3ccc(-c4ccc(C(F)(F)F)cc4)cc3)ccc2c1CC. The number of hydrogen-bond acceptors (Lipinski definition) is 2. The van der Waals surface area contributed by atoms with E-state index in [2.05, 4.69) is 44.8 Å². The van der Waals surface area contributed by atoms with E-state index in [1.165, 1.54) is 35.2 Å². The fourth-order valence-electron chi connectivity index (χ4n) is 5.62. The lowest BCUT2D eigenvalue weighted by molar-refractivity contribution is -0.137. The molecule has 0 radical (unpaired) electrons. The van der Waals surface area contributed by atoms with Gasteiger partial charge in [0.1, 0.15) is 24.7 Å². The molecule has 0 bridgehead atoms. The second kappa shape index (κ2) is 12.2. The Hall–Kier alpha value is -3.41. The van der Waals surface area contributed by atoms with Crippen molar-refractivity contribution in [2.24, 2.45) is 0 Å². The first-order chi connectivity index (χ1) is 18.7. The van der Waals surface area contributed by atoms with E-state index in [-0.39, 0.29) is 5.41 Å². The molecule has 0 aliphatic rings. The molecule has 3 aromatic carbocycles. The minimum absolute atomic E-state index is 0.177. The van der Waals surface area contributed by atoms with Crippen molar-refractivity contribution in [3.05, 3.63) is 83.6 Å². The van der Waals surface area contributed by atoms with Crippen LogP contribution >= 0.6 is 0 Å². The van der Waals surface area contributed by atoms with E-state index in [9.17, 15) is 13.2 Å². The molecule has 0 aliphatic carbocycles. The molecule has 1 N–H and O–H groups in total. The van der Waals surface area contributed by atoms with Gasteiger partial charge in [-0.15, -0.1) is 0 Å². The summed E-state index contributed by atoms with van der Waals surface area (Å²) in [6.07, 6.45) is 1.22. The second-order valence-electron chi connectivity index (χ2n) is 10.1. The molecule has 4 rings (SSSR count). The summed E-state index contributed by atoms with van der Waals surface area (Å²) >= 11 is 0. The largest absolute Gasteiger partial charge is 0.490 e. The van der Waals surface area contributed by atoms with E-state index in [1.54, 1.807) is 0 Å². The lowest BCUT2D eigenvalue weighted by Crippen LogP contribution is -2.26. The molecule has 0 spiro atoms. The van der Waals surface area contributed by atoms with E-state index in [0.29, 0.717) is 19.0 Å². The summed E-state index contributed by atoms with van der Waals surface area (Å²) in [6, 6.07) is 18.7. The molecule has 208 valence electrons. The van der Waals surface area contributed by atoms with Crippen molar-refractivity contribution in [3.63, 3.8) is 0 Å². The first kappa shape index (κ1) is 28.6. The number of halogens is 3. The van der Waals surface area contributed by atoms with Crippen molar-refractivity contribution in [1.29, 1.82) is 0 Å². The summed E-state index contributed by atoms with van der Waals surface area (Å²) in [6.45, 7) is 9.84. The molecule has 0 amide bonds. The van der Waals surface area contributed by atoms with Crippen molar-refractivity contribution in [2.45, 2.75) is 71.4 Å². The summed E-state index contributed by atoms with van der Waals surface area (Å²) in [5.74, 6) is 1.48. The minimum atomic E-state index is -4.34. The van der Waals surface area contributed by atoms with Gasteiger partial charge in [-0.25, -0.2) is 0 Å². The zero-order valence-corrected chi connectivity index (χ0v) is 23.3. The Labute approximate surface area is 229 Å². The van der Waals surface area contributed by atoms with Gasteiger partial charge in [0.25, 0.3) is 0 Å². The van der Waals surface area contributed by atoms with Crippen molar-refractivity contribution >= 4 is 10.9 Å². The number of nitrogens with one attached hydrogen (secondary N) is 1. The van der Waals surface area contributed by atoms with Gasteiger partial charge >= 0.3 is 6.18 Å². The van der Waals surface area contributed by atoms with Gasteiger partial charge in [0.2, 0.25) is 0 Å². The van der Waals surface area contributed by atoms with E-state index in [4.69, 9.17) is 9.47 Å². The quantitative estimate of drug-likeness (QED) is 0.183. The fourth-order valence-corrected chi connectivity index (χ4v) is 5.62. The maximum absolute atomic E-state index is 12.8. The summed E-state index contributed by atoms with van der Waals surface area (Å²) < 4.78 is 50.2. The van der Waals surface area contributed by atoms with Crippen LogP contribution in [0.4, 0.5) is 13.2 Å². The molecule has 4 aromatic rings. The summed E-state index contributed by atoms with van der Waals surface area (Å²) in [5, 5.41) is 1.27. The number of aromatic nitrogens is 1. The highest BCUT2D eigenvalue weighted by molar-refractivity contribution is 5.86. The Kier molecular flexibility index (Phi) is 8.94. The zero-order valence-electron chi connectivity index (χ0n) is 23.3. The highest BCUT2D eigenvalue weighted by Crippen LogP contribution is 2.41. The number of hydrogen-bond donors (Lipinski definition) is 1. The van der Waals surface area contributed by atoms with E-state index in [0.717, 1.165) is 60.2 Å². The van der Waals surface area contributed by atoms with Crippen LogP contribution in [0.1, 0.15) is 70.2 Å². The summed E-state index contributed by atoms with van der Waals surface area (Å²) in [5.41, 5.74) is 4.98. The van der Waals surface area contributed by atoms with Crippen LogP contribution in [-0.4, -0.2) is 18.2 Å². The molecule has 0 unspecified atom stereocenters. The summed E-state index contributed by atoms with van der Waals surface area (Å²) in [7, 11) is 0. The molecule has 0 fully saturated rings. The van der Waals surface area contributed by atoms with Crippen molar-refractivity contribution in [2.75, 3.05) is 13.2 Å². The van der Waals surface area contributed by atoms with Gasteiger partial charge in [-0.1, -0.05) is 58.4 Å². The molecular formula is C33H38F3NO2. The Morgan fingerprint density at radius 2 is 1.28 bits per heavy atom. The number of fused-ring (bicyclic) bond motifs is 1. The van der Waals surface area contributed by atoms with Crippen LogP contribution < -0.4 is 9.47 Å². The maximum Gasteiger partial charge on any atom is 0.416 e. The molecule has 1 aromatic heterocycles. The number of aryl methyl sites for hydroxylation is 1. The number of H-pyrrole nitrogens is 1. The predicted molar refractivity (Wildman–Crippen MR) is 153 cm³/mol. The molecule has 0 atom stereocenters. The van der Waals surface area contributed by atoms with Crippen LogP contribution in [0.15, 0.2) is 66.7 Å². The van der Waals surface area contributed by atoms with Gasteiger partial charge in [-0.05, 0) is 78.8 Å². The Morgan fingerprint density at radius 3 is 1.82 bits per heavy atom. The van der Waals surface area contributed by atoms with Crippen molar-refractivity contribution < 1.29 is 22.6 Å². The Bertz CT molecular complexity index is 1350. The highest BCUT2D eigenvalue weighted by atomic mass is 19.4. The second-order valence-corrected chi connectivity index (χ2v) is 10.1. The molecule has 3 nitrogen and oxygen atoms in total. The maximum atomic E-state index is 12.8. The first-order valence-electron chi connectivity index (χ1n) is 13.9. The van der Waals surface area contributed by atoms with Gasteiger partial charge in [-0.2, -0.15) is 13.2 Å². The number of aromatic amines is 1. The topological polar surface area (TPSA) is 34.2 Å². The van der Waals surface area contributed by atoms with Gasteiger partial charge in [0, 0.05) is 28.1 Å². The average Bonchev–Trinajstić information content (AvgIpc) is 3.32. The number of benzene rings is 3. The van der Waals surface area contributed by atoms with Gasteiger partial charge in [0.05, 0.1) is 5.56 Å². The Morgan fingerprint density at radius 1 is 0.718 bits per heavy atom. The average molecular weight is 538 g/mol. The summed E-state index contributed by atoms with van der Waals surface area (Å²) in [4.78, 5) is 3.76. The van der Waals surface area contributed by atoms with Crippen LogP contribution in [0.3, 0.4) is 0 Å². The lowest BCUT2D eigenvalue weighted by Gasteiger charge is -2.32. The highest BCUT2D eigenvalue weighted by Gasteiger charge is 2.32. The van der Waals surface area contributed by atoms with Gasteiger partial charge in [-0.3, -0.25) is 0 Å². The molecular weight excluding hydrogens is 499 g/mol. The fraction of sp³-hybridized carbons (Fsp3) is 0.394. The predicted octanol–water partition coefficient (Wildman–Crippen LogP) is 9.73. The van der Waals surface area contributed by atoms with Crippen molar-refractivity contribution in [1.82, 2.24) is 4.98 Å². The molecule has 39 heavy (non-hydrogen) atoms. The molecule has 6 heteroatoms. The van der Waals surface area contributed by atoms with Crippen molar-refractivity contribution in [3.8, 4) is 22.6 Å². The van der Waals surface area contributed by atoms with Gasteiger partial charge in [0.15, 0.2) is 0 Å². The lowest BCUT2D eigenvalue weighted by atomic mass is 9.74. The number of alkyl halides is 3.